The van der Waals surface area contributed by atoms with E-state index in [1.165, 1.54) is 35.6 Å². The maximum atomic E-state index is 11.3. The predicted molar refractivity (Wildman–Crippen MR) is 73.3 cm³/mol. The Balaban J connectivity index is 0.00000200. The van der Waals surface area contributed by atoms with Crippen molar-refractivity contribution < 1.29 is 19.2 Å². The fraction of sp³-hybridized carbons (Fsp3) is 0.0909. The Morgan fingerprint density at radius 1 is 1.35 bits per heavy atom. The van der Waals surface area contributed by atoms with Crippen LogP contribution in [0, 0.1) is 10.1 Å². The molecule has 20 heavy (non-hydrogen) atoms. The molecule has 0 saturated carbocycles. The van der Waals surface area contributed by atoms with Crippen LogP contribution in [0.1, 0.15) is 4.88 Å². The highest BCUT2D eigenvalue weighted by molar-refractivity contribution is 7.09. The van der Waals surface area contributed by atoms with Gasteiger partial charge in [0, 0.05) is 18.3 Å². The van der Waals surface area contributed by atoms with Crippen molar-refractivity contribution in [3.05, 3.63) is 51.0 Å². The lowest BCUT2D eigenvalue weighted by Gasteiger charge is -2.04. The minimum absolute atomic E-state index is 0. The number of carbonyl (C=O) groups excluding carboxylic acids is 1. The van der Waals surface area contributed by atoms with Crippen LogP contribution in [0.2, 0.25) is 0 Å². The number of hydrogen-bond acceptors (Lipinski definition) is 7. The Labute approximate surface area is 123 Å². The summed E-state index contributed by atoms with van der Waals surface area (Å²) in [6.07, 6.45) is 0.714. The molecule has 1 aromatic carbocycles. The van der Waals surface area contributed by atoms with E-state index in [2.05, 4.69) is 4.98 Å². The number of nitro groups is 1. The van der Waals surface area contributed by atoms with Crippen LogP contribution in [0.3, 0.4) is 0 Å². The zero-order valence-corrected chi connectivity index (χ0v) is 11.6. The number of ether oxygens (including phenoxy) is 2. The van der Waals surface area contributed by atoms with Gasteiger partial charge >= 0.3 is 6.16 Å². The van der Waals surface area contributed by atoms with Crippen LogP contribution in [0.25, 0.3) is 0 Å². The van der Waals surface area contributed by atoms with Crippen molar-refractivity contribution >= 4 is 35.6 Å². The maximum absolute atomic E-state index is 11.3. The Morgan fingerprint density at radius 3 is 2.60 bits per heavy atom. The number of benzene rings is 1. The molecular weight excluding hydrogens is 308 g/mol. The van der Waals surface area contributed by atoms with E-state index in [1.807, 2.05) is 0 Å². The van der Waals surface area contributed by atoms with Crippen LogP contribution in [0.4, 0.5) is 10.5 Å². The molecule has 0 unspecified atom stereocenters. The van der Waals surface area contributed by atoms with E-state index in [9.17, 15) is 14.9 Å². The quantitative estimate of drug-likeness (QED) is 0.372. The van der Waals surface area contributed by atoms with Gasteiger partial charge in [0.05, 0.1) is 15.3 Å². The highest BCUT2D eigenvalue weighted by atomic mass is 35.5. The van der Waals surface area contributed by atoms with Gasteiger partial charge in [-0.3, -0.25) is 15.1 Å². The van der Waals surface area contributed by atoms with Gasteiger partial charge in [0.15, 0.2) is 0 Å². The van der Waals surface area contributed by atoms with Gasteiger partial charge in [-0.15, -0.1) is 23.7 Å². The normalized spacial score (nSPS) is 9.40. The van der Waals surface area contributed by atoms with Gasteiger partial charge in [0.2, 0.25) is 0 Å². The molecular formula is C11H9ClN2O5S. The molecule has 106 valence electrons. The maximum Gasteiger partial charge on any atom is 0.514 e. The monoisotopic (exact) mass is 316 g/mol. The lowest BCUT2D eigenvalue weighted by atomic mass is 10.3. The topological polar surface area (TPSA) is 91.6 Å². The summed E-state index contributed by atoms with van der Waals surface area (Å²) in [6.45, 7) is 0.0798. The van der Waals surface area contributed by atoms with E-state index in [4.69, 9.17) is 9.47 Å². The lowest BCUT2D eigenvalue weighted by molar-refractivity contribution is -0.384. The molecule has 2 aromatic rings. The number of thiazole rings is 1. The van der Waals surface area contributed by atoms with Gasteiger partial charge in [-0.1, -0.05) is 0 Å². The summed E-state index contributed by atoms with van der Waals surface area (Å²) in [7, 11) is 0. The van der Waals surface area contributed by atoms with Crippen molar-refractivity contribution in [2.75, 3.05) is 0 Å². The number of aromatic nitrogens is 1. The van der Waals surface area contributed by atoms with Crippen LogP contribution in [0.5, 0.6) is 5.75 Å². The van der Waals surface area contributed by atoms with Gasteiger partial charge < -0.3 is 9.47 Å². The van der Waals surface area contributed by atoms with Crippen LogP contribution < -0.4 is 4.74 Å². The first-order valence-electron chi connectivity index (χ1n) is 5.11. The molecule has 2 rings (SSSR count). The Kier molecular flexibility index (Phi) is 5.88. The first kappa shape index (κ1) is 15.9. The number of nitrogens with zero attached hydrogens (tertiary/aromatic N) is 2. The zero-order chi connectivity index (χ0) is 13.7. The number of halogens is 1. The molecule has 9 heteroatoms. The van der Waals surface area contributed by atoms with Crippen LogP contribution in [0.15, 0.2) is 36.0 Å². The summed E-state index contributed by atoms with van der Waals surface area (Å²) < 4.78 is 9.69. The third-order valence-electron chi connectivity index (χ3n) is 2.06. The third-order valence-corrected chi connectivity index (χ3v) is 2.82. The van der Waals surface area contributed by atoms with Crippen molar-refractivity contribution in [3.8, 4) is 5.75 Å². The summed E-state index contributed by atoms with van der Waals surface area (Å²) in [6, 6.07) is 5.13. The second kappa shape index (κ2) is 7.41. The molecule has 0 amide bonds. The van der Waals surface area contributed by atoms with E-state index >= 15 is 0 Å². The predicted octanol–water partition coefficient (Wildman–Crippen LogP) is 3.19. The highest BCUT2D eigenvalue weighted by Crippen LogP contribution is 2.18. The van der Waals surface area contributed by atoms with Gasteiger partial charge in [-0.2, -0.15) is 0 Å². The first-order valence-corrected chi connectivity index (χ1v) is 5.99. The average Bonchev–Trinajstić information content (AvgIpc) is 2.90. The standard InChI is InChI=1S/C11H8N2O5S.ClH/c14-11(17-6-10-5-12-7-19-10)18-9-3-1-8(2-4-9)13(15)16;/h1-5,7H,6H2;1H. The number of non-ortho nitro benzene ring substituents is 1. The van der Waals surface area contributed by atoms with Crippen molar-refractivity contribution in [3.63, 3.8) is 0 Å². The van der Waals surface area contributed by atoms with E-state index in [0.29, 0.717) is 0 Å². The van der Waals surface area contributed by atoms with Crippen molar-refractivity contribution in [2.45, 2.75) is 6.61 Å². The molecule has 7 nitrogen and oxygen atoms in total. The summed E-state index contributed by atoms with van der Waals surface area (Å²) in [4.78, 5) is 25.9. The second-order valence-corrected chi connectivity index (χ2v) is 4.33. The van der Waals surface area contributed by atoms with E-state index in [-0.39, 0.29) is 30.5 Å². The lowest BCUT2D eigenvalue weighted by Crippen LogP contribution is -2.09. The van der Waals surface area contributed by atoms with Crippen LogP contribution in [-0.2, 0) is 11.3 Å². The molecule has 0 aliphatic rings. The van der Waals surface area contributed by atoms with Crippen LogP contribution >= 0.6 is 23.7 Å². The number of hydrogen-bond donors (Lipinski definition) is 0. The van der Waals surface area contributed by atoms with Crippen molar-refractivity contribution in [1.82, 2.24) is 4.98 Å². The first-order chi connectivity index (χ1) is 9.15. The number of nitro benzene ring substituents is 1. The fourth-order valence-electron chi connectivity index (χ4n) is 1.21. The molecule has 0 saturated heterocycles. The van der Waals surface area contributed by atoms with Gasteiger partial charge in [0.1, 0.15) is 12.4 Å². The van der Waals surface area contributed by atoms with Gasteiger partial charge in [-0.05, 0) is 12.1 Å². The summed E-state index contributed by atoms with van der Waals surface area (Å²) in [5.41, 5.74) is 1.55. The molecule has 1 heterocycles. The molecule has 0 radical (unpaired) electrons. The molecule has 0 atom stereocenters. The van der Waals surface area contributed by atoms with E-state index in [0.717, 1.165) is 4.88 Å². The average molecular weight is 317 g/mol. The Bertz CT molecular complexity index is 573. The van der Waals surface area contributed by atoms with Gasteiger partial charge in [-0.25, -0.2) is 4.79 Å². The summed E-state index contributed by atoms with van der Waals surface area (Å²) in [5, 5.41) is 10.4. The molecule has 0 N–H and O–H groups in total. The molecule has 0 bridgehead atoms. The fourth-order valence-corrected chi connectivity index (χ4v) is 1.71. The minimum atomic E-state index is -0.873. The molecule has 0 aliphatic carbocycles. The molecule has 0 aliphatic heterocycles. The van der Waals surface area contributed by atoms with Crippen LogP contribution in [-0.4, -0.2) is 16.1 Å². The molecule has 0 spiro atoms. The highest BCUT2D eigenvalue weighted by Gasteiger charge is 2.09. The Morgan fingerprint density at radius 2 is 2.05 bits per heavy atom. The third kappa shape index (κ3) is 4.48. The molecule has 1 aromatic heterocycles. The smallest absolute Gasteiger partial charge is 0.428 e. The minimum Gasteiger partial charge on any atom is -0.428 e. The zero-order valence-electron chi connectivity index (χ0n) is 9.92. The van der Waals surface area contributed by atoms with E-state index in [1.54, 1.807) is 11.7 Å². The van der Waals surface area contributed by atoms with Crippen molar-refractivity contribution in [2.24, 2.45) is 0 Å². The van der Waals surface area contributed by atoms with Gasteiger partial charge in [0.25, 0.3) is 5.69 Å². The van der Waals surface area contributed by atoms with E-state index < -0.39 is 11.1 Å². The number of carbonyl (C=O) groups is 1. The number of rotatable bonds is 4. The molecule has 0 fully saturated rings. The second-order valence-electron chi connectivity index (χ2n) is 3.36. The largest absolute Gasteiger partial charge is 0.514 e. The summed E-state index contributed by atoms with van der Waals surface area (Å²) >= 11 is 1.36. The SMILES string of the molecule is Cl.O=C(OCc1cncs1)Oc1ccc([N+](=O)[O-])cc1. The van der Waals surface area contributed by atoms with Crippen molar-refractivity contribution in [1.29, 1.82) is 0 Å². The Hall–Kier alpha value is -2.19. The summed E-state index contributed by atoms with van der Waals surface area (Å²) in [5.74, 6) is 0.180.